The highest BCUT2D eigenvalue weighted by molar-refractivity contribution is 7.98. The van der Waals surface area contributed by atoms with Gasteiger partial charge in [0.1, 0.15) is 5.75 Å². The van der Waals surface area contributed by atoms with Crippen molar-refractivity contribution in [2.75, 3.05) is 0 Å². The highest BCUT2D eigenvalue weighted by Crippen LogP contribution is 2.31. The van der Waals surface area contributed by atoms with Gasteiger partial charge in [0.15, 0.2) is 17.1 Å². The largest absolute Gasteiger partial charge is 0.483 e. The number of hydrogen-bond acceptors (Lipinski definition) is 4. The van der Waals surface area contributed by atoms with Crippen LogP contribution in [0.25, 0.3) is 0 Å². The number of ether oxygens (including phenoxy) is 1. The molecule has 0 radical (unpaired) electrons. The van der Waals surface area contributed by atoms with Crippen molar-refractivity contribution in [3.8, 4) is 5.75 Å². The van der Waals surface area contributed by atoms with E-state index in [1.807, 2.05) is 45.2 Å². The number of thioether (sulfide) groups is 1. The second-order valence-corrected chi connectivity index (χ2v) is 7.41. The fourth-order valence-electron chi connectivity index (χ4n) is 2.74. The van der Waals surface area contributed by atoms with E-state index in [0.717, 1.165) is 23.4 Å². The third-order valence-corrected chi connectivity index (χ3v) is 5.25. The first kappa shape index (κ1) is 20.3. The molecule has 1 heterocycles. The van der Waals surface area contributed by atoms with E-state index in [1.54, 1.807) is 10.6 Å². The summed E-state index contributed by atoms with van der Waals surface area (Å²) >= 11 is 1.33. The molecule has 1 atom stereocenters. The molecule has 0 spiro atoms. The molecule has 3 rings (SSSR count). The summed E-state index contributed by atoms with van der Waals surface area (Å²) in [6.45, 7) is 3.87. The number of benzene rings is 2. The van der Waals surface area contributed by atoms with Crippen molar-refractivity contribution in [2.45, 2.75) is 37.0 Å². The average Bonchev–Trinajstić information content (AvgIpc) is 3.00. The van der Waals surface area contributed by atoms with E-state index < -0.39 is 11.7 Å². The Balaban J connectivity index is 1.68. The van der Waals surface area contributed by atoms with Crippen molar-refractivity contribution in [3.63, 3.8) is 0 Å². The Morgan fingerprint density at radius 1 is 1.11 bits per heavy atom. The summed E-state index contributed by atoms with van der Waals surface area (Å²) in [5, 5.41) is 8.96. The van der Waals surface area contributed by atoms with Crippen LogP contribution in [-0.2, 0) is 19.0 Å². The van der Waals surface area contributed by atoms with Crippen molar-refractivity contribution in [3.05, 3.63) is 71.0 Å². The number of rotatable bonds is 6. The molecule has 8 heteroatoms. The Morgan fingerprint density at radius 2 is 1.86 bits per heavy atom. The molecule has 3 aromatic rings. The zero-order chi connectivity index (χ0) is 20.3. The lowest BCUT2D eigenvalue weighted by Gasteiger charge is -2.14. The fourth-order valence-corrected chi connectivity index (χ4v) is 3.60. The van der Waals surface area contributed by atoms with Crippen LogP contribution in [-0.4, -0.2) is 14.8 Å². The number of aromatic nitrogens is 3. The van der Waals surface area contributed by atoms with Crippen LogP contribution in [0.4, 0.5) is 13.2 Å². The second-order valence-electron chi connectivity index (χ2n) is 6.46. The van der Waals surface area contributed by atoms with Gasteiger partial charge >= 0.3 is 6.18 Å². The Kier molecular flexibility index (Phi) is 5.98. The predicted molar refractivity (Wildman–Crippen MR) is 102 cm³/mol. The van der Waals surface area contributed by atoms with Crippen LogP contribution in [0.15, 0.2) is 53.7 Å². The Morgan fingerprint density at radius 3 is 2.57 bits per heavy atom. The molecule has 0 aliphatic carbocycles. The van der Waals surface area contributed by atoms with Gasteiger partial charge in [0.05, 0.1) is 5.56 Å². The van der Waals surface area contributed by atoms with Gasteiger partial charge in [-0.25, -0.2) is 0 Å². The topological polar surface area (TPSA) is 39.9 Å². The third-order valence-electron chi connectivity index (χ3n) is 4.16. The number of nitrogens with zero attached hydrogens (tertiary/aromatic N) is 3. The first-order chi connectivity index (χ1) is 13.2. The molecule has 0 amide bonds. The number of hydrogen-bond donors (Lipinski definition) is 0. The zero-order valence-electron chi connectivity index (χ0n) is 15.7. The quantitative estimate of drug-likeness (QED) is 0.501. The van der Waals surface area contributed by atoms with Gasteiger partial charge in [-0.05, 0) is 43.2 Å². The molecule has 0 aliphatic rings. The SMILES string of the molecule is Cc1cccc(OC(C)c2nnc(SCc3cccc(C(F)(F)F)c3)n2C)c1. The van der Waals surface area contributed by atoms with Gasteiger partial charge in [0.2, 0.25) is 0 Å². The molecule has 0 aliphatic heterocycles. The summed E-state index contributed by atoms with van der Waals surface area (Å²) < 4.78 is 46.3. The van der Waals surface area contributed by atoms with Crippen molar-refractivity contribution < 1.29 is 17.9 Å². The molecular weight excluding hydrogens is 387 g/mol. The molecule has 0 saturated heterocycles. The van der Waals surface area contributed by atoms with Gasteiger partial charge in [-0.15, -0.1) is 10.2 Å². The lowest BCUT2D eigenvalue weighted by molar-refractivity contribution is -0.137. The predicted octanol–water partition coefficient (Wildman–Crippen LogP) is 5.57. The van der Waals surface area contributed by atoms with Gasteiger partial charge in [0, 0.05) is 12.8 Å². The summed E-state index contributed by atoms with van der Waals surface area (Å²) in [7, 11) is 1.82. The van der Waals surface area contributed by atoms with Crippen molar-refractivity contribution >= 4 is 11.8 Å². The van der Waals surface area contributed by atoms with E-state index in [-0.39, 0.29) is 6.10 Å². The van der Waals surface area contributed by atoms with E-state index >= 15 is 0 Å². The molecule has 0 saturated carbocycles. The maximum atomic E-state index is 12.8. The molecule has 0 fully saturated rings. The van der Waals surface area contributed by atoms with E-state index in [2.05, 4.69) is 10.2 Å². The first-order valence-electron chi connectivity index (χ1n) is 8.65. The van der Waals surface area contributed by atoms with E-state index in [0.29, 0.717) is 22.3 Å². The first-order valence-corrected chi connectivity index (χ1v) is 9.64. The molecule has 4 nitrogen and oxygen atoms in total. The molecule has 0 N–H and O–H groups in total. The molecule has 1 unspecified atom stereocenters. The Hall–Kier alpha value is -2.48. The monoisotopic (exact) mass is 407 g/mol. The van der Waals surface area contributed by atoms with Crippen LogP contribution in [0.3, 0.4) is 0 Å². The molecule has 1 aromatic heterocycles. The van der Waals surface area contributed by atoms with Gasteiger partial charge in [0.25, 0.3) is 0 Å². The second kappa shape index (κ2) is 8.26. The van der Waals surface area contributed by atoms with Crippen molar-refractivity contribution in [1.29, 1.82) is 0 Å². The van der Waals surface area contributed by atoms with Crippen LogP contribution in [0.5, 0.6) is 5.75 Å². The van der Waals surface area contributed by atoms with Gasteiger partial charge in [-0.3, -0.25) is 0 Å². The average molecular weight is 407 g/mol. The van der Waals surface area contributed by atoms with Gasteiger partial charge in [-0.2, -0.15) is 13.2 Å². The highest BCUT2D eigenvalue weighted by Gasteiger charge is 2.30. The summed E-state index contributed by atoms with van der Waals surface area (Å²) in [6.07, 6.45) is -4.66. The minimum absolute atomic E-state index is 0.317. The third kappa shape index (κ3) is 4.86. The van der Waals surface area contributed by atoms with E-state index in [1.165, 1.54) is 17.8 Å². The zero-order valence-corrected chi connectivity index (χ0v) is 16.5. The smallest absolute Gasteiger partial charge is 0.416 e. The van der Waals surface area contributed by atoms with Crippen LogP contribution in [0.2, 0.25) is 0 Å². The number of alkyl halides is 3. The normalized spacial score (nSPS) is 12.8. The lowest BCUT2D eigenvalue weighted by Crippen LogP contribution is -2.10. The van der Waals surface area contributed by atoms with Crippen molar-refractivity contribution in [2.24, 2.45) is 7.05 Å². The minimum atomic E-state index is -4.35. The van der Waals surface area contributed by atoms with Crippen LogP contribution in [0.1, 0.15) is 35.5 Å². The molecule has 2 aromatic carbocycles. The maximum absolute atomic E-state index is 12.8. The minimum Gasteiger partial charge on any atom is -0.483 e. The molecule has 28 heavy (non-hydrogen) atoms. The standard InChI is InChI=1S/C20H20F3N3OS/c1-13-6-4-9-17(10-13)27-14(2)18-24-25-19(26(18)3)28-12-15-7-5-8-16(11-15)20(21,22)23/h4-11,14H,12H2,1-3H3. The Bertz CT molecular complexity index is 956. The Labute approximate surface area is 165 Å². The lowest BCUT2D eigenvalue weighted by atomic mass is 10.1. The molecule has 0 bridgehead atoms. The highest BCUT2D eigenvalue weighted by atomic mass is 32.2. The van der Waals surface area contributed by atoms with Crippen LogP contribution in [0, 0.1) is 6.92 Å². The van der Waals surface area contributed by atoms with E-state index in [4.69, 9.17) is 4.74 Å². The summed E-state index contributed by atoms with van der Waals surface area (Å²) in [5.74, 6) is 1.75. The fraction of sp³-hybridized carbons (Fsp3) is 0.300. The van der Waals surface area contributed by atoms with Gasteiger partial charge in [-0.1, -0.05) is 42.1 Å². The molecular formula is C20H20F3N3OS. The van der Waals surface area contributed by atoms with Gasteiger partial charge < -0.3 is 9.30 Å². The van der Waals surface area contributed by atoms with E-state index in [9.17, 15) is 13.2 Å². The maximum Gasteiger partial charge on any atom is 0.416 e. The summed E-state index contributed by atoms with van der Waals surface area (Å²) in [5.41, 5.74) is 1.03. The molecule has 148 valence electrons. The van der Waals surface area contributed by atoms with Crippen molar-refractivity contribution in [1.82, 2.24) is 14.8 Å². The van der Waals surface area contributed by atoms with Crippen LogP contribution >= 0.6 is 11.8 Å². The van der Waals surface area contributed by atoms with Crippen LogP contribution < -0.4 is 4.74 Å². The number of aryl methyl sites for hydroxylation is 1. The summed E-state index contributed by atoms with van der Waals surface area (Å²) in [4.78, 5) is 0. The number of halogens is 3. The summed E-state index contributed by atoms with van der Waals surface area (Å²) in [6, 6.07) is 13.0.